The maximum Gasteiger partial charge on any atom is 0.272 e. The first-order chi connectivity index (χ1) is 12.0. The molecule has 0 aliphatic rings. The molecule has 3 rings (SSSR count). The number of nitrogens with zero attached hydrogens (tertiary/aromatic N) is 2. The monoisotopic (exact) mass is 421 g/mol. The van der Waals surface area contributed by atoms with Crippen LogP contribution in [-0.4, -0.2) is 15.7 Å². The SMILES string of the molecule is C[C@@H](NC(=O)c1ccc(=O)n(-c2ccccc2F)n1)c1ccc(Br)s1. The van der Waals surface area contributed by atoms with Crippen molar-refractivity contribution in [3.05, 3.63) is 79.1 Å². The van der Waals surface area contributed by atoms with Crippen LogP contribution < -0.4 is 10.9 Å². The second kappa shape index (κ2) is 7.28. The van der Waals surface area contributed by atoms with Gasteiger partial charge < -0.3 is 5.32 Å². The number of aromatic nitrogens is 2. The van der Waals surface area contributed by atoms with Crippen molar-refractivity contribution in [3.8, 4) is 5.69 Å². The summed E-state index contributed by atoms with van der Waals surface area (Å²) in [6.45, 7) is 1.85. The highest BCUT2D eigenvalue weighted by atomic mass is 79.9. The van der Waals surface area contributed by atoms with Gasteiger partial charge in [0.15, 0.2) is 0 Å². The summed E-state index contributed by atoms with van der Waals surface area (Å²) in [5, 5.41) is 6.82. The summed E-state index contributed by atoms with van der Waals surface area (Å²) in [4.78, 5) is 25.4. The summed E-state index contributed by atoms with van der Waals surface area (Å²) in [6, 6.07) is 11.9. The molecule has 0 bridgehead atoms. The van der Waals surface area contributed by atoms with Crippen molar-refractivity contribution in [3.63, 3.8) is 0 Å². The zero-order valence-electron chi connectivity index (χ0n) is 13.1. The molecule has 0 unspecified atom stereocenters. The van der Waals surface area contributed by atoms with Crippen molar-refractivity contribution in [1.82, 2.24) is 15.1 Å². The Kier molecular flexibility index (Phi) is 5.10. The second-order valence-corrected chi connectivity index (χ2v) is 7.75. The molecule has 2 aromatic heterocycles. The molecule has 0 spiro atoms. The molecule has 1 atom stereocenters. The smallest absolute Gasteiger partial charge is 0.272 e. The number of benzene rings is 1. The van der Waals surface area contributed by atoms with E-state index >= 15 is 0 Å². The Labute approximate surface area is 155 Å². The van der Waals surface area contributed by atoms with E-state index in [1.165, 1.54) is 41.7 Å². The maximum absolute atomic E-state index is 13.9. The van der Waals surface area contributed by atoms with Gasteiger partial charge in [0.05, 0.1) is 9.83 Å². The molecule has 1 amide bonds. The van der Waals surface area contributed by atoms with Gasteiger partial charge in [-0.25, -0.2) is 4.39 Å². The van der Waals surface area contributed by atoms with Crippen LogP contribution in [0.2, 0.25) is 0 Å². The molecule has 0 aliphatic carbocycles. The fourth-order valence-electron chi connectivity index (χ4n) is 2.23. The van der Waals surface area contributed by atoms with Crippen LogP contribution in [0.4, 0.5) is 4.39 Å². The number of rotatable bonds is 4. The van der Waals surface area contributed by atoms with Gasteiger partial charge >= 0.3 is 0 Å². The van der Waals surface area contributed by atoms with Gasteiger partial charge in [0.1, 0.15) is 17.2 Å². The Morgan fingerprint density at radius 3 is 2.68 bits per heavy atom. The highest BCUT2D eigenvalue weighted by molar-refractivity contribution is 9.11. The van der Waals surface area contributed by atoms with Gasteiger partial charge in [-0.05, 0) is 53.2 Å². The number of thiophene rings is 1. The number of carbonyl (C=O) groups is 1. The van der Waals surface area contributed by atoms with E-state index < -0.39 is 17.3 Å². The number of carbonyl (C=O) groups excluding carboxylic acids is 1. The maximum atomic E-state index is 13.9. The van der Waals surface area contributed by atoms with Crippen molar-refractivity contribution in [2.24, 2.45) is 0 Å². The Morgan fingerprint density at radius 1 is 1.24 bits per heavy atom. The van der Waals surface area contributed by atoms with Crippen molar-refractivity contribution >= 4 is 33.2 Å². The Balaban J connectivity index is 1.88. The minimum Gasteiger partial charge on any atom is -0.343 e. The van der Waals surface area contributed by atoms with Crippen molar-refractivity contribution in [2.45, 2.75) is 13.0 Å². The zero-order valence-corrected chi connectivity index (χ0v) is 15.5. The molecule has 128 valence electrons. The van der Waals surface area contributed by atoms with Crippen LogP contribution in [-0.2, 0) is 0 Å². The van der Waals surface area contributed by atoms with Gasteiger partial charge in [-0.15, -0.1) is 11.3 Å². The molecule has 3 aromatic rings. The highest BCUT2D eigenvalue weighted by Crippen LogP contribution is 2.27. The number of hydrogen-bond acceptors (Lipinski definition) is 4. The van der Waals surface area contributed by atoms with Gasteiger partial charge in [-0.3, -0.25) is 9.59 Å². The average molecular weight is 422 g/mol. The van der Waals surface area contributed by atoms with Crippen LogP contribution in [0, 0.1) is 5.82 Å². The van der Waals surface area contributed by atoms with Crippen molar-refractivity contribution < 1.29 is 9.18 Å². The van der Waals surface area contributed by atoms with E-state index in [4.69, 9.17) is 0 Å². The summed E-state index contributed by atoms with van der Waals surface area (Å²) in [7, 11) is 0. The third-order valence-corrected chi connectivity index (χ3v) is 5.29. The molecule has 5 nitrogen and oxygen atoms in total. The predicted octanol–water partition coefficient (Wildman–Crippen LogP) is 3.69. The van der Waals surface area contributed by atoms with E-state index in [0.717, 1.165) is 13.3 Å². The minimum atomic E-state index is -0.591. The quantitative estimate of drug-likeness (QED) is 0.698. The molecule has 8 heteroatoms. The van der Waals surface area contributed by atoms with E-state index in [1.807, 2.05) is 19.1 Å². The number of hydrogen-bond donors (Lipinski definition) is 1. The molecule has 0 saturated heterocycles. The van der Waals surface area contributed by atoms with Crippen LogP contribution in [0.3, 0.4) is 0 Å². The van der Waals surface area contributed by atoms with Crippen LogP contribution in [0.15, 0.2) is 57.1 Å². The van der Waals surface area contributed by atoms with Crippen molar-refractivity contribution in [1.29, 1.82) is 0 Å². The Hall–Kier alpha value is -2.32. The van der Waals surface area contributed by atoms with Crippen LogP contribution in [0.5, 0.6) is 0 Å². The van der Waals surface area contributed by atoms with E-state index in [9.17, 15) is 14.0 Å². The standard InChI is InChI=1S/C17H13BrFN3O2S/c1-10(14-7-8-15(18)25-14)20-17(24)12-6-9-16(23)22(21-12)13-5-3-2-4-11(13)19/h2-10H,1H3,(H,20,24)/t10-/m1/s1. The van der Waals surface area contributed by atoms with Gasteiger partial charge in [0.25, 0.3) is 11.5 Å². The predicted molar refractivity (Wildman–Crippen MR) is 97.7 cm³/mol. The fourth-order valence-corrected chi connectivity index (χ4v) is 3.66. The Morgan fingerprint density at radius 2 is 2.00 bits per heavy atom. The van der Waals surface area contributed by atoms with E-state index in [0.29, 0.717) is 0 Å². The molecule has 0 fully saturated rings. The van der Waals surface area contributed by atoms with Crippen LogP contribution in [0.25, 0.3) is 5.69 Å². The molecular formula is C17H13BrFN3O2S. The Bertz CT molecular complexity index is 986. The molecular weight excluding hydrogens is 409 g/mol. The first-order valence-electron chi connectivity index (χ1n) is 7.37. The molecule has 0 radical (unpaired) electrons. The molecule has 0 saturated carbocycles. The lowest BCUT2D eigenvalue weighted by atomic mass is 10.2. The van der Waals surface area contributed by atoms with Gasteiger partial charge in [0, 0.05) is 10.9 Å². The lowest BCUT2D eigenvalue weighted by Crippen LogP contribution is -2.30. The molecule has 1 aromatic carbocycles. The first-order valence-corrected chi connectivity index (χ1v) is 8.98. The van der Waals surface area contributed by atoms with E-state index in [-0.39, 0.29) is 17.4 Å². The zero-order chi connectivity index (χ0) is 18.0. The number of para-hydroxylation sites is 1. The molecule has 1 N–H and O–H groups in total. The summed E-state index contributed by atoms with van der Waals surface area (Å²) in [5.41, 5.74) is -0.486. The largest absolute Gasteiger partial charge is 0.343 e. The normalized spacial score (nSPS) is 12.0. The minimum absolute atomic E-state index is 0.00242. The second-order valence-electron chi connectivity index (χ2n) is 5.26. The summed E-state index contributed by atoms with van der Waals surface area (Å²) < 4.78 is 15.8. The molecule has 2 heterocycles. The van der Waals surface area contributed by atoms with Crippen LogP contribution in [0.1, 0.15) is 28.3 Å². The summed E-state index contributed by atoms with van der Waals surface area (Å²) in [5.74, 6) is -1.03. The van der Waals surface area contributed by atoms with Gasteiger partial charge in [0.2, 0.25) is 0 Å². The number of amides is 1. The third-order valence-electron chi connectivity index (χ3n) is 3.48. The summed E-state index contributed by atoms with van der Waals surface area (Å²) >= 11 is 4.90. The highest BCUT2D eigenvalue weighted by Gasteiger charge is 2.16. The van der Waals surface area contributed by atoms with Gasteiger partial charge in [-0.1, -0.05) is 12.1 Å². The van der Waals surface area contributed by atoms with Crippen LogP contribution >= 0.6 is 27.3 Å². The third kappa shape index (κ3) is 3.85. The lowest BCUT2D eigenvalue weighted by molar-refractivity contribution is 0.0933. The van der Waals surface area contributed by atoms with E-state index in [1.54, 1.807) is 6.07 Å². The fraction of sp³-hybridized carbons (Fsp3) is 0.118. The lowest BCUT2D eigenvalue weighted by Gasteiger charge is -2.12. The topological polar surface area (TPSA) is 64.0 Å². The first kappa shape index (κ1) is 17.5. The number of halogens is 2. The average Bonchev–Trinajstić information content (AvgIpc) is 3.02. The summed E-state index contributed by atoms with van der Waals surface area (Å²) in [6.07, 6.45) is 0. The number of nitrogens with one attached hydrogen (secondary N) is 1. The molecule has 25 heavy (non-hydrogen) atoms. The van der Waals surface area contributed by atoms with Gasteiger partial charge in [-0.2, -0.15) is 9.78 Å². The molecule has 0 aliphatic heterocycles. The van der Waals surface area contributed by atoms with E-state index in [2.05, 4.69) is 26.3 Å². The van der Waals surface area contributed by atoms with Crippen molar-refractivity contribution in [2.75, 3.05) is 0 Å².